The van der Waals surface area contributed by atoms with Gasteiger partial charge in [0.05, 0.1) is 23.7 Å². The highest BCUT2D eigenvalue weighted by molar-refractivity contribution is 7.09. The van der Waals surface area contributed by atoms with Crippen LogP contribution in [0.1, 0.15) is 37.4 Å². The van der Waals surface area contributed by atoms with E-state index in [-0.39, 0.29) is 5.97 Å². The molecule has 0 atom stereocenters. The standard InChI is InChI=1S/C11H17NO2S/c1-3-5-6-10-12-9(8-15-10)7-11(13)14-4-2/h8H,3-7H2,1-2H3. The zero-order valence-corrected chi connectivity index (χ0v) is 10.1. The number of esters is 1. The average molecular weight is 227 g/mol. The van der Waals surface area contributed by atoms with Crippen LogP contribution in [0.25, 0.3) is 0 Å². The fraction of sp³-hybridized carbons (Fsp3) is 0.636. The first-order valence-electron chi connectivity index (χ1n) is 5.35. The van der Waals surface area contributed by atoms with E-state index in [4.69, 9.17) is 4.74 Å². The summed E-state index contributed by atoms with van der Waals surface area (Å²) < 4.78 is 4.86. The van der Waals surface area contributed by atoms with Gasteiger partial charge in [-0.2, -0.15) is 0 Å². The summed E-state index contributed by atoms with van der Waals surface area (Å²) in [6.07, 6.45) is 3.65. The first-order valence-corrected chi connectivity index (χ1v) is 6.23. The molecule has 1 rings (SSSR count). The van der Waals surface area contributed by atoms with E-state index < -0.39 is 0 Å². The maximum atomic E-state index is 11.2. The number of thiazole rings is 1. The van der Waals surface area contributed by atoms with Crippen molar-refractivity contribution in [1.29, 1.82) is 0 Å². The Morgan fingerprint density at radius 2 is 2.33 bits per heavy atom. The molecule has 1 aromatic rings. The molecule has 3 nitrogen and oxygen atoms in total. The zero-order valence-electron chi connectivity index (χ0n) is 9.28. The highest BCUT2D eigenvalue weighted by Crippen LogP contribution is 2.13. The Kier molecular flexibility index (Phi) is 5.32. The number of hydrogen-bond acceptors (Lipinski definition) is 4. The first kappa shape index (κ1) is 12.2. The molecule has 4 heteroatoms. The molecular formula is C11H17NO2S. The van der Waals surface area contributed by atoms with Gasteiger partial charge in [-0.05, 0) is 19.8 Å². The van der Waals surface area contributed by atoms with Crippen molar-refractivity contribution in [3.63, 3.8) is 0 Å². The number of ether oxygens (including phenoxy) is 1. The topological polar surface area (TPSA) is 39.2 Å². The van der Waals surface area contributed by atoms with Crippen molar-refractivity contribution in [2.45, 2.75) is 39.5 Å². The van der Waals surface area contributed by atoms with E-state index in [9.17, 15) is 4.79 Å². The molecule has 0 N–H and O–H groups in total. The molecule has 0 spiro atoms. The van der Waals surface area contributed by atoms with E-state index in [1.165, 1.54) is 6.42 Å². The molecule has 0 aliphatic carbocycles. The van der Waals surface area contributed by atoms with Crippen molar-refractivity contribution in [3.05, 3.63) is 16.1 Å². The van der Waals surface area contributed by atoms with Crippen LogP contribution in [0, 0.1) is 0 Å². The minimum Gasteiger partial charge on any atom is -0.466 e. The monoisotopic (exact) mass is 227 g/mol. The Labute approximate surface area is 94.5 Å². The Bertz CT molecular complexity index is 309. The molecule has 0 fully saturated rings. The molecule has 0 radical (unpaired) electrons. The van der Waals surface area contributed by atoms with Crippen LogP contribution in [0.5, 0.6) is 0 Å². The van der Waals surface area contributed by atoms with E-state index in [0.29, 0.717) is 13.0 Å². The maximum absolute atomic E-state index is 11.2. The number of hydrogen-bond donors (Lipinski definition) is 0. The third-order valence-corrected chi connectivity index (χ3v) is 2.93. The van der Waals surface area contributed by atoms with Gasteiger partial charge in [-0.1, -0.05) is 13.3 Å². The second-order valence-electron chi connectivity index (χ2n) is 3.32. The van der Waals surface area contributed by atoms with Crippen LogP contribution in [0.2, 0.25) is 0 Å². The average Bonchev–Trinajstić information content (AvgIpc) is 2.63. The summed E-state index contributed by atoms with van der Waals surface area (Å²) in [6.45, 7) is 4.41. The minimum atomic E-state index is -0.190. The van der Waals surface area contributed by atoms with Crippen molar-refractivity contribution < 1.29 is 9.53 Å². The first-order chi connectivity index (χ1) is 7.26. The SMILES string of the molecule is CCCCc1nc(CC(=O)OCC)cs1. The summed E-state index contributed by atoms with van der Waals surface area (Å²) in [4.78, 5) is 15.6. The van der Waals surface area contributed by atoms with Gasteiger partial charge in [0.15, 0.2) is 0 Å². The van der Waals surface area contributed by atoms with Gasteiger partial charge in [-0.15, -0.1) is 11.3 Å². The second kappa shape index (κ2) is 6.56. The Balaban J connectivity index is 2.42. The summed E-state index contributed by atoms with van der Waals surface area (Å²) in [5.74, 6) is -0.190. The summed E-state index contributed by atoms with van der Waals surface area (Å²) >= 11 is 1.63. The fourth-order valence-electron chi connectivity index (χ4n) is 1.23. The van der Waals surface area contributed by atoms with Crippen LogP contribution in [0.15, 0.2) is 5.38 Å². The van der Waals surface area contributed by atoms with Gasteiger partial charge in [0.2, 0.25) is 0 Å². The third kappa shape index (κ3) is 4.42. The van der Waals surface area contributed by atoms with Crippen LogP contribution in [-0.4, -0.2) is 17.6 Å². The number of carbonyl (C=O) groups is 1. The zero-order chi connectivity index (χ0) is 11.1. The lowest BCUT2D eigenvalue weighted by Gasteiger charge is -1.98. The van der Waals surface area contributed by atoms with Crippen molar-refractivity contribution in [2.75, 3.05) is 6.61 Å². The van der Waals surface area contributed by atoms with Crippen LogP contribution >= 0.6 is 11.3 Å². The molecule has 0 bridgehead atoms. The number of aromatic nitrogens is 1. The summed E-state index contributed by atoms with van der Waals surface area (Å²) in [7, 11) is 0. The molecule has 84 valence electrons. The molecule has 1 heterocycles. The predicted octanol–water partition coefficient (Wildman–Crippen LogP) is 2.59. The number of carbonyl (C=O) groups excluding carboxylic acids is 1. The van der Waals surface area contributed by atoms with E-state index >= 15 is 0 Å². The number of nitrogens with zero attached hydrogens (tertiary/aromatic N) is 1. The highest BCUT2D eigenvalue weighted by Gasteiger charge is 2.07. The number of unbranched alkanes of at least 4 members (excludes halogenated alkanes) is 1. The molecule has 0 aliphatic heterocycles. The summed E-state index contributed by atoms with van der Waals surface area (Å²) in [5, 5.41) is 3.07. The molecule has 1 aromatic heterocycles. The van der Waals surface area contributed by atoms with Gasteiger partial charge < -0.3 is 4.74 Å². The summed E-state index contributed by atoms with van der Waals surface area (Å²) in [6, 6.07) is 0. The molecule has 0 saturated carbocycles. The van der Waals surface area contributed by atoms with Crippen LogP contribution in [-0.2, 0) is 22.4 Å². The Hall–Kier alpha value is -0.900. The molecule has 0 aromatic carbocycles. The quantitative estimate of drug-likeness (QED) is 0.701. The lowest BCUT2D eigenvalue weighted by atomic mass is 10.2. The van der Waals surface area contributed by atoms with Crippen LogP contribution < -0.4 is 0 Å². The lowest BCUT2D eigenvalue weighted by molar-refractivity contribution is -0.142. The van der Waals surface area contributed by atoms with Gasteiger partial charge in [-0.25, -0.2) is 4.98 Å². The van der Waals surface area contributed by atoms with Gasteiger partial charge in [0, 0.05) is 5.38 Å². The molecule has 0 unspecified atom stereocenters. The minimum absolute atomic E-state index is 0.190. The second-order valence-corrected chi connectivity index (χ2v) is 4.26. The molecule has 15 heavy (non-hydrogen) atoms. The van der Waals surface area contributed by atoms with Gasteiger partial charge in [0.25, 0.3) is 0 Å². The van der Waals surface area contributed by atoms with Crippen LogP contribution in [0.3, 0.4) is 0 Å². The third-order valence-electron chi connectivity index (χ3n) is 1.97. The normalized spacial score (nSPS) is 10.3. The highest BCUT2D eigenvalue weighted by atomic mass is 32.1. The van der Waals surface area contributed by atoms with Gasteiger partial charge >= 0.3 is 5.97 Å². The maximum Gasteiger partial charge on any atom is 0.311 e. The Morgan fingerprint density at radius 3 is 3.00 bits per heavy atom. The summed E-state index contributed by atoms with van der Waals surface area (Å²) in [5.41, 5.74) is 0.838. The van der Waals surface area contributed by atoms with Crippen molar-refractivity contribution in [2.24, 2.45) is 0 Å². The molecular weight excluding hydrogens is 210 g/mol. The number of rotatable bonds is 6. The molecule has 0 aliphatic rings. The fourth-order valence-corrected chi connectivity index (χ4v) is 2.07. The van der Waals surface area contributed by atoms with Crippen molar-refractivity contribution in [3.8, 4) is 0 Å². The van der Waals surface area contributed by atoms with Gasteiger partial charge in [-0.3, -0.25) is 4.79 Å². The number of aryl methyl sites for hydroxylation is 1. The molecule has 0 saturated heterocycles. The predicted molar refractivity (Wildman–Crippen MR) is 61.1 cm³/mol. The molecule has 0 amide bonds. The smallest absolute Gasteiger partial charge is 0.311 e. The van der Waals surface area contributed by atoms with Crippen molar-refractivity contribution in [1.82, 2.24) is 4.98 Å². The van der Waals surface area contributed by atoms with Crippen LogP contribution in [0.4, 0.5) is 0 Å². The van der Waals surface area contributed by atoms with E-state index in [0.717, 1.165) is 23.5 Å². The largest absolute Gasteiger partial charge is 0.466 e. The van der Waals surface area contributed by atoms with E-state index in [1.807, 2.05) is 12.3 Å². The van der Waals surface area contributed by atoms with E-state index in [1.54, 1.807) is 11.3 Å². The van der Waals surface area contributed by atoms with E-state index in [2.05, 4.69) is 11.9 Å². The lowest BCUT2D eigenvalue weighted by Crippen LogP contribution is -2.07. The Morgan fingerprint density at radius 1 is 1.53 bits per heavy atom. The van der Waals surface area contributed by atoms with Gasteiger partial charge in [0.1, 0.15) is 0 Å². The van der Waals surface area contributed by atoms with Crippen molar-refractivity contribution >= 4 is 17.3 Å².